The van der Waals surface area contributed by atoms with E-state index in [-0.39, 0.29) is 5.75 Å². The van der Waals surface area contributed by atoms with Crippen LogP contribution >= 0.6 is 15.9 Å². The molecule has 0 radical (unpaired) electrons. The molecule has 3 aromatic carbocycles. The van der Waals surface area contributed by atoms with Crippen LogP contribution in [-0.4, -0.2) is 36.4 Å². The number of aromatic hydroxyl groups is 1. The molecule has 33 heavy (non-hydrogen) atoms. The molecule has 0 saturated heterocycles. The number of hydrogen-bond acceptors (Lipinski definition) is 5. The van der Waals surface area contributed by atoms with Crippen molar-refractivity contribution < 1.29 is 11.3 Å². The Kier molecular flexibility index (Phi) is 7.96. The molecule has 7 heteroatoms. The molecule has 0 atom stereocenters. The first-order valence-electron chi connectivity index (χ1n) is 11.5. The summed E-state index contributed by atoms with van der Waals surface area (Å²) in [6.07, 6.45) is 5.89. The molecule has 0 bridgehead atoms. The van der Waals surface area contributed by atoms with Gasteiger partial charge in [-0.3, -0.25) is 0 Å². The maximum atomic E-state index is 10.9. The quantitative estimate of drug-likeness (QED) is 0.279. The van der Waals surface area contributed by atoms with Crippen molar-refractivity contribution >= 4 is 58.0 Å². The Morgan fingerprint density at radius 3 is 2.30 bits per heavy atom. The number of nitrogens with zero attached hydrogens (tertiary/aromatic N) is 2. The summed E-state index contributed by atoms with van der Waals surface area (Å²) in [6, 6.07) is 17.6. The average molecular weight is 616 g/mol. The first-order chi connectivity index (χ1) is 16.0. The van der Waals surface area contributed by atoms with E-state index in [9.17, 15) is 5.11 Å². The second-order valence-electron chi connectivity index (χ2n) is 8.37. The van der Waals surface area contributed by atoms with E-state index < -0.39 is 19.2 Å². The van der Waals surface area contributed by atoms with Crippen LogP contribution in [-0.2, 0) is 3.07 Å². The van der Waals surface area contributed by atoms with Gasteiger partial charge in [0.1, 0.15) is 0 Å². The van der Waals surface area contributed by atoms with E-state index in [1.165, 1.54) is 0 Å². The SMILES string of the molecule is CCC[CH2][Sn]1([CH2]CCC)[O]/C(c2cc3ccccc3cc2O)=N\N=C\c2cc(Br)ccc2[O]1. The summed E-state index contributed by atoms with van der Waals surface area (Å²) >= 11 is -0.188. The number of hydrogen-bond donors (Lipinski definition) is 1. The van der Waals surface area contributed by atoms with Crippen LogP contribution in [0.2, 0.25) is 8.87 Å². The van der Waals surface area contributed by atoms with Gasteiger partial charge in [-0.25, -0.2) is 0 Å². The fraction of sp³-hybridized carbons (Fsp3) is 0.308. The number of rotatable bonds is 7. The number of phenolic OH excluding ortho intramolecular Hbond substituents is 1. The number of unbranched alkanes of at least 4 members (excludes halogenated alkanes) is 2. The molecule has 1 heterocycles. The van der Waals surface area contributed by atoms with E-state index in [2.05, 4.69) is 40.0 Å². The molecule has 0 aliphatic carbocycles. The van der Waals surface area contributed by atoms with Crippen LogP contribution < -0.4 is 3.07 Å². The van der Waals surface area contributed by atoms with Crippen LogP contribution in [0.3, 0.4) is 0 Å². The Labute approximate surface area is 208 Å². The van der Waals surface area contributed by atoms with E-state index in [0.717, 1.165) is 61.1 Å². The monoisotopic (exact) mass is 616 g/mol. The molecule has 172 valence electrons. The zero-order valence-corrected chi connectivity index (χ0v) is 23.5. The third kappa shape index (κ3) is 5.72. The van der Waals surface area contributed by atoms with Gasteiger partial charge >= 0.3 is 210 Å². The summed E-state index contributed by atoms with van der Waals surface area (Å²) in [4.78, 5) is 0. The Hall–Kier alpha value is -2.06. The number of phenols is 1. The van der Waals surface area contributed by atoms with Crippen molar-refractivity contribution in [1.82, 2.24) is 0 Å². The predicted molar refractivity (Wildman–Crippen MR) is 141 cm³/mol. The van der Waals surface area contributed by atoms with E-state index >= 15 is 0 Å². The Morgan fingerprint density at radius 2 is 1.61 bits per heavy atom. The van der Waals surface area contributed by atoms with Crippen LogP contribution in [0.5, 0.6) is 11.5 Å². The summed E-state index contributed by atoms with van der Waals surface area (Å²) in [5.41, 5.74) is 1.42. The van der Waals surface area contributed by atoms with E-state index in [4.69, 9.17) is 6.15 Å². The molecule has 0 saturated carbocycles. The van der Waals surface area contributed by atoms with Gasteiger partial charge in [-0.15, -0.1) is 0 Å². The van der Waals surface area contributed by atoms with Crippen molar-refractivity contribution in [3.05, 3.63) is 70.2 Å². The molecular weight excluding hydrogens is 587 g/mol. The molecule has 5 nitrogen and oxygen atoms in total. The Bertz CT molecular complexity index is 1190. The van der Waals surface area contributed by atoms with Crippen molar-refractivity contribution in [1.29, 1.82) is 0 Å². The molecule has 0 unspecified atom stereocenters. The third-order valence-electron chi connectivity index (χ3n) is 5.81. The van der Waals surface area contributed by atoms with E-state index in [0.29, 0.717) is 11.5 Å². The molecule has 1 aliphatic rings. The summed E-state index contributed by atoms with van der Waals surface area (Å²) in [5, 5.41) is 21.7. The van der Waals surface area contributed by atoms with Gasteiger partial charge < -0.3 is 0 Å². The molecule has 4 rings (SSSR count). The van der Waals surface area contributed by atoms with Gasteiger partial charge in [-0.2, -0.15) is 0 Å². The number of fused-ring (bicyclic) bond motifs is 2. The molecule has 1 aliphatic heterocycles. The zero-order chi connectivity index (χ0) is 23.3. The van der Waals surface area contributed by atoms with Crippen molar-refractivity contribution in [2.24, 2.45) is 10.2 Å². The summed E-state index contributed by atoms with van der Waals surface area (Å²) < 4.78 is 16.5. The second-order valence-corrected chi connectivity index (χ2v) is 18.5. The third-order valence-corrected chi connectivity index (χ3v) is 16.0. The van der Waals surface area contributed by atoms with Crippen molar-refractivity contribution in [2.45, 2.75) is 48.4 Å². The zero-order valence-electron chi connectivity index (χ0n) is 19.1. The summed E-state index contributed by atoms with van der Waals surface area (Å²) in [5.74, 6) is 1.28. The van der Waals surface area contributed by atoms with E-state index in [1.807, 2.05) is 48.5 Å². The molecule has 0 fully saturated rings. The van der Waals surface area contributed by atoms with Gasteiger partial charge in [0.15, 0.2) is 0 Å². The molecule has 1 N–H and O–H groups in total. The minimum absolute atomic E-state index is 0.133. The van der Waals surface area contributed by atoms with Crippen molar-refractivity contribution in [3.63, 3.8) is 0 Å². The summed E-state index contributed by atoms with van der Waals surface area (Å²) in [6.45, 7) is 4.37. The molecule has 3 aromatic rings. The number of benzene rings is 3. The molecule has 0 spiro atoms. The van der Waals surface area contributed by atoms with Crippen LogP contribution in [0.15, 0.2) is 69.3 Å². The first kappa shape index (κ1) is 24.1. The Morgan fingerprint density at radius 1 is 0.909 bits per heavy atom. The van der Waals surface area contributed by atoms with Crippen LogP contribution in [0.1, 0.15) is 50.7 Å². The van der Waals surface area contributed by atoms with Gasteiger partial charge in [0.25, 0.3) is 0 Å². The first-order valence-corrected chi connectivity index (χ1v) is 18.7. The number of halogens is 1. The molecular formula is C26H29BrN2O3Sn. The average Bonchev–Trinajstić information content (AvgIpc) is 2.89. The predicted octanol–water partition coefficient (Wildman–Crippen LogP) is 7.54. The van der Waals surface area contributed by atoms with Crippen LogP contribution in [0.25, 0.3) is 10.8 Å². The van der Waals surface area contributed by atoms with Crippen LogP contribution in [0.4, 0.5) is 0 Å². The van der Waals surface area contributed by atoms with Gasteiger partial charge in [0, 0.05) is 0 Å². The van der Waals surface area contributed by atoms with Gasteiger partial charge in [-0.1, -0.05) is 0 Å². The van der Waals surface area contributed by atoms with Crippen LogP contribution in [0, 0.1) is 0 Å². The van der Waals surface area contributed by atoms with Crippen molar-refractivity contribution in [3.8, 4) is 11.5 Å². The fourth-order valence-corrected chi connectivity index (χ4v) is 14.6. The molecule has 0 aromatic heterocycles. The van der Waals surface area contributed by atoms with Crippen molar-refractivity contribution in [2.75, 3.05) is 0 Å². The standard InChI is InChI=1S/C18H13BrN2O3.2C4H9.Sn/c19-14-5-6-16(22)13(7-14)10-20-21-18(24)15-8-11-3-1-2-4-12(11)9-17(15)23;2*1-3-4-2;/h1-10,22-23H,(H,21,24);2*1,3-4H2,2H3;/q;;;+2/p-2/b20-10+;;;. The molecule has 0 amide bonds. The van der Waals surface area contributed by atoms with Gasteiger partial charge in [0.05, 0.1) is 0 Å². The summed E-state index contributed by atoms with van der Waals surface area (Å²) in [7, 11) is 0. The fourth-order valence-electron chi connectivity index (χ4n) is 4.00. The maximum absolute atomic E-state index is 10.9. The topological polar surface area (TPSA) is 63.4 Å². The second kappa shape index (κ2) is 10.9. The Balaban J connectivity index is 1.86. The van der Waals surface area contributed by atoms with Gasteiger partial charge in [0.2, 0.25) is 0 Å². The normalized spacial score (nSPS) is 17.5. The van der Waals surface area contributed by atoms with E-state index in [1.54, 1.807) is 12.3 Å². The van der Waals surface area contributed by atoms with Gasteiger partial charge in [-0.05, 0) is 0 Å². The minimum atomic E-state index is -3.74.